The van der Waals surface area contributed by atoms with Crippen LogP contribution in [0.3, 0.4) is 0 Å². The van der Waals surface area contributed by atoms with Gasteiger partial charge < -0.3 is 20.2 Å². The number of carbonyl (C=O) groups excluding carboxylic acids is 2. The Morgan fingerprint density at radius 3 is 2.68 bits per heavy atom. The van der Waals surface area contributed by atoms with Gasteiger partial charge in [0.15, 0.2) is 5.75 Å². The summed E-state index contributed by atoms with van der Waals surface area (Å²) in [5, 5.41) is 13.9. The van der Waals surface area contributed by atoms with Crippen LogP contribution in [-0.2, 0) is 9.59 Å². The third-order valence-corrected chi connectivity index (χ3v) is 4.43. The van der Waals surface area contributed by atoms with Crippen LogP contribution in [0.1, 0.15) is 31.9 Å². The van der Waals surface area contributed by atoms with Crippen molar-refractivity contribution in [3.63, 3.8) is 0 Å². The van der Waals surface area contributed by atoms with Crippen molar-refractivity contribution in [2.75, 3.05) is 11.4 Å². The molecule has 1 aromatic carbocycles. The number of nitrogens with zero attached hydrogens (tertiary/aromatic N) is 3. The number of hydrogen-bond acceptors (Lipinski definition) is 6. The van der Waals surface area contributed by atoms with Gasteiger partial charge in [0.25, 0.3) is 11.7 Å². The Kier molecular flexibility index (Phi) is 5.53. The Hall–Kier alpha value is -3.49. The molecular weight excluding hydrogens is 364 g/mol. The summed E-state index contributed by atoms with van der Waals surface area (Å²) < 4.78 is 5.77. The van der Waals surface area contributed by atoms with Gasteiger partial charge in [-0.3, -0.25) is 14.5 Å². The highest BCUT2D eigenvalue weighted by Crippen LogP contribution is 2.38. The van der Waals surface area contributed by atoms with Gasteiger partial charge >= 0.3 is 5.82 Å². The predicted octanol–water partition coefficient (Wildman–Crippen LogP) is 2.37. The number of nitro groups is 1. The minimum absolute atomic E-state index is 0.0364. The average molecular weight is 384 g/mol. The quantitative estimate of drug-likeness (QED) is 0.604. The predicted molar refractivity (Wildman–Crippen MR) is 101 cm³/mol. The lowest BCUT2D eigenvalue weighted by molar-refractivity contribution is -0.389. The van der Waals surface area contributed by atoms with Gasteiger partial charge in [-0.2, -0.15) is 0 Å². The molecule has 0 aliphatic carbocycles. The van der Waals surface area contributed by atoms with Gasteiger partial charge in [-0.1, -0.05) is 37.3 Å². The SMILES string of the molecule is CCC(C)NC(=O)CN1C(=O)C(c2ccccc2)Oc2ccc([N+](=O)[O-])nc21. The van der Waals surface area contributed by atoms with Crippen molar-refractivity contribution in [2.45, 2.75) is 32.4 Å². The minimum Gasteiger partial charge on any atom is -0.469 e. The Bertz CT molecular complexity index is 902. The third-order valence-electron chi connectivity index (χ3n) is 4.43. The summed E-state index contributed by atoms with van der Waals surface area (Å²) in [6, 6.07) is 11.4. The van der Waals surface area contributed by atoms with E-state index in [4.69, 9.17) is 4.74 Å². The average Bonchev–Trinajstić information content (AvgIpc) is 2.70. The van der Waals surface area contributed by atoms with Gasteiger partial charge in [-0.05, 0) is 29.3 Å². The number of hydrogen-bond donors (Lipinski definition) is 1. The molecular formula is C19H20N4O5. The number of pyridine rings is 1. The topological polar surface area (TPSA) is 115 Å². The first-order chi connectivity index (χ1) is 13.4. The molecule has 0 radical (unpaired) electrons. The van der Waals surface area contributed by atoms with E-state index in [-0.39, 0.29) is 30.1 Å². The molecule has 1 aromatic heterocycles. The largest absolute Gasteiger partial charge is 0.469 e. The van der Waals surface area contributed by atoms with Crippen molar-refractivity contribution in [1.29, 1.82) is 0 Å². The van der Waals surface area contributed by atoms with Crippen molar-refractivity contribution in [2.24, 2.45) is 0 Å². The first-order valence-electron chi connectivity index (χ1n) is 8.88. The van der Waals surface area contributed by atoms with E-state index in [2.05, 4.69) is 10.3 Å². The van der Waals surface area contributed by atoms with E-state index in [9.17, 15) is 19.7 Å². The second-order valence-electron chi connectivity index (χ2n) is 6.46. The van der Waals surface area contributed by atoms with Crippen molar-refractivity contribution in [3.05, 3.63) is 58.1 Å². The number of aromatic nitrogens is 1. The lowest BCUT2D eigenvalue weighted by Gasteiger charge is -2.31. The van der Waals surface area contributed by atoms with E-state index in [0.717, 1.165) is 11.3 Å². The van der Waals surface area contributed by atoms with E-state index in [1.54, 1.807) is 24.3 Å². The number of fused-ring (bicyclic) bond motifs is 1. The number of amides is 2. The van der Waals surface area contributed by atoms with E-state index in [1.807, 2.05) is 19.9 Å². The molecule has 0 saturated carbocycles. The lowest BCUT2D eigenvalue weighted by atomic mass is 10.1. The standard InChI is InChI=1S/C19H20N4O5/c1-3-12(2)20-16(24)11-22-18-14(9-10-15(21-18)23(26)27)28-17(19(22)25)13-7-5-4-6-8-13/h4-10,12,17H,3,11H2,1-2H3,(H,20,24). The fraction of sp³-hybridized carbons (Fsp3) is 0.316. The molecule has 1 aliphatic heterocycles. The Balaban J connectivity index is 1.98. The second-order valence-corrected chi connectivity index (χ2v) is 6.46. The smallest absolute Gasteiger partial charge is 0.366 e. The summed E-state index contributed by atoms with van der Waals surface area (Å²) in [5.74, 6) is -1.15. The molecule has 0 bridgehead atoms. The molecule has 9 nitrogen and oxygen atoms in total. The zero-order valence-corrected chi connectivity index (χ0v) is 15.5. The Labute approximate surface area is 161 Å². The van der Waals surface area contributed by atoms with Crippen LogP contribution in [0.15, 0.2) is 42.5 Å². The summed E-state index contributed by atoms with van der Waals surface area (Å²) in [4.78, 5) is 41.0. The van der Waals surface area contributed by atoms with Crippen LogP contribution in [-0.4, -0.2) is 34.3 Å². The van der Waals surface area contributed by atoms with Gasteiger partial charge in [0, 0.05) is 17.7 Å². The fourth-order valence-electron chi connectivity index (χ4n) is 2.79. The van der Waals surface area contributed by atoms with Crippen LogP contribution in [0, 0.1) is 10.1 Å². The summed E-state index contributed by atoms with van der Waals surface area (Å²) in [7, 11) is 0. The fourth-order valence-corrected chi connectivity index (χ4v) is 2.79. The summed E-state index contributed by atoms with van der Waals surface area (Å²) >= 11 is 0. The summed E-state index contributed by atoms with van der Waals surface area (Å²) in [6.07, 6.45) is -0.233. The molecule has 2 atom stereocenters. The molecule has 1 aliphatic rings. The first kappa shape index (κ1) is 19.3. The van der Waals surface area contributed by atoms with Gasteiger partial charge in [-0.25, -0.2) is 0 Å². The molecule has 2 aromatic rings. The lowest BCUT2D eigenvalue weighted by Crippen LogP contribution is -2.48. The number of rotatable bonds is 6. The van der Waals surface area contributed by atoms with Crippen LogP contribution in [0.5, 0.6) is 5.75 Å². The van der Waals surface area contributed by atoms with Gasteiger partial charge in [0.05, 0.1) is 0 Å². The van der Waals surface area contributed by atoms with E-state index < -0.39 is 22.8 Å². The molecule has 0 saturated heterocycles. The van der Waals surface area contributed by atoms with Gasteiger partial charge in [0.2, 0.25) is 12.0 Å². The van der Waals surface area contributed by atoms with Gasteiger partial charge in [0.1, 0.15) is 6.54 Å². The van der Waals surface area contributed by atoms with Crippen LogP contribution >= 0.6 is 0 Å². The number of benzene rings is 1. The monoisotopic (exact) mass is 384 g/mol. The molecule has 0 spiro atoms. The van der Waals surface area contributed by atoms with Gasteiger partial charge in [-0.15, -0.1) is 0 Å². The number of anilines is 1. The minimum atomic E-state index is -0.964. The molecule has 1 N–H and O–H groups in total. The first-order valence-corrected chi connectivity index (χ1v) is 8.88. The van der Waals surface area contributed by atoms with Crippen molar-refractivity contribution < 1.29 is 19.2 Å². The number of ether oxygens (including phenoxy) is 1. The number of nitrogens with one attached hydrogen (secondary N) is 1. The van der Waals surface area contributed by atoms with Crippen LogP contribution in [0.25, 0.3) is 0 Å². The number of carbonyl (C=O) groups is 2. The van der Waals surface area contributed by atoms with Crippen LogP contribution in [0.4, 0.5) is 11.6 Å². The second kappa shape index (κ2) is 8.03. The maximum atomic E-state index is 13.1. The summed E-state index contributed by atoms with van der Waals surface area (Å²) in [5.41, 5.74) is 0.615. The van der Waals surface area contributed by atoms with Crippen molar-refractivity contribution in [3.8, 4) is 5.75 Å². The summed E-state index contributed by atoms with van der Waals surface area (Å²) in [6.45, 7) is 3.47. The zero-order valence-electron chi connectivity index (χ0n) is 15.5. The molecule has 9 heteroatoms. The highest BCUT2D eigenvalue weighted by Gasteiger charge is 2.40. The molecule has 146 valence electrons. The zero-order chi connectivity index (χ0) is 20.3. The molecule has 2 heterocycles. The normalized spacial score (nSPS) is 16.7. The van der Waals surface area contributed by atoms with Crippen LogP contribution < -0.4 is 15.0 Å². The van der Waals surface area contributed by atoms with Crippen molar-refractivity contribution >= 4 is 23.5 Å². The molecule has 3 rings (SSSR count). The molecule has 0 fully saturated rings. The Morgan fingerprint density at radius 2 is 2.04 bits per heavy atom. The maximum Gasteiger partial charge on any atom is 0.366 e. The van der Waals surface area contributed by atoms with E-state index in [1.165, 1.54) is 12.1 Å². The highest BCUT2D eigenvalue weighted by atomic mass is 16.6. The molecule has 28 heavy (non-hydrogen) atoms. The Morgan fingerprint density at radius 1 is 1.32 bits per heavy atom. The molecule has 2 amide bonds. The van der Waals surface area contributed by atoms with E-state index in [0.29, 0.717) is 5.56 Å². The van der Waals surface area contributed by atoms with Crippen molar-refractivity contribution in [1.82, 2.24) is 10.3 Å². The van der Waals surface area contributed by atoms with Crippen LogP contribution in [0.2, 0.25) is 0 Å². The molecule has 2 unspecified atom stereocenters. The highest BCUT2D eigenvalue weighted by molar-refractivity contribution is 6.03. The third kappa shape index (κ3) is 3.93. The van der Waals surface area contributed by atoms with E-state index >= 15 is 0 Å². The maximum absolute atomic E-state index is 13.1.